The van der Waals surface area contributed by atoms with Gasteiger partial charge in [-0.25, -0.2) is 13.1 Å². The van der Waals surface area contributed by atoms with Gasteiger partial charge < -0.3 is 5.73 Å². The molecule has 108 valence electrons. The highest BCUT2D eigenvalue weighted by Gasteiger charge is 2.25. The third-order valence-electron chi connectivity index (χ3n) is 2.97. The van der Waals surface area contributed by atoms with Crippen molar-refractivity contribution >= 4 is 15.7 Å². The highest BCUT2D eigenvalue weighted by molar-refractivity contribution is 7.91. The van der Waals surface area contributed by atoms with Gasteiger partial charge in [-0.1, -0.05) is 37.3 Å². The SMILES string of the molecule is CC(C)CCn1nnc(S(=O)(=O)c2ccccc2)c1N. The topological polar surface area (TPSA) is 90.9 Å². The summed E-state index contributed by atoms with van der Waals surface area (Å²) in [5.74, 6) is 0.572. The third-order valence-corrected chi connectivity index (χ3v) is 4.66. The molecule has 1 heterocycles. The maximum atomic E-state index is 12.4. The lowest BCUT2D eigenvalue weighted by atomic mass is 10.1. The van der Waals surface area contributed by atoms with Crippen LogP contribution < -0.4 is 5.73 Å². The Hall–Kier alpha value is -1.89. The van der Waals surface area contributed by atoms with Gasteiger partial charge in [-0.3, -0.25) is 0 Å². The first-order valence-electron chi connectivity index (χ1n) is 6.42. The molecule has 2 aromatic rings. The number of hydrogen-bond acceptors (Lipinski definition) is 5. The van der Waals surface area contributed by atoms with Crippen molar-refractivity contribution in [3.05, 3.63) is 30.3 Å². The minimum Gasteiger partial charge on any atom is -0.381 e. The van der Waals surface area contributed by atoms with E-state index in [1.165, 1.54) is 16.8 Å². The maximum absolute atomic E-state index is 12.4. The Morgan fingerprint density at radius 1 is 1.25 bits per heavy atom. The van der Waals surface area contributed by atoms with E-state index in [-0.39, 0.29) is 15.7 Å². The monoisotopic (exact) mass is 294 g/mol. The molecule has 0 saturated heterocycles. The Labute approximate surface area is 118 Å². The molecule has 6 nitrogen and oxygen atoms in total. The Bertz CT molecular complexity index is 678. The largest absolute Gasteiger partial charge is 0.381 e. The highest BCUT2D eigenvalue weighted by atomic mass is 32.2. The van der Waals surface area contributed by atoms with Crippen LogP contribution in [0.3, 0.4) is 0 Å². The first-order valence-corrected chi connectivity index (χ1v) is 7.90. The van der Waals surface area contributed by atoms with E-state index in [1.54, 1.807) is 18.2 Å². The van der Waals surface area contributed by atoms with E-state index < -0.39 is 9.84 Å². The summed E-state index contributed by atoms with van der Waals surface area (Å²) in [6.07, 6.45) is 0.860. The fraction of sp³-hybridized carbons (Fsp3) is 0.385. The van der Waals surface area contributed by atoms with Crippen molar-refractivity contribution in [1.29, 1.82) is 0 Å². The normalized spacial score (nSPS) is 11.9. The van der Waals surface area contributed by atoms with Crippen molar-refractivity contribution in [2.45, 2.75) is 36.7 Å². The van der Waals surface area contributed by atoms with E-state index >= 15 is 0 Å². The lowest BCUT2D eigenvalue weighted by Crippen LogP contribution is -2.09. The van der Waals surface area contributed by atoms with Crippen LogP contribution in [0.4, 0.5) is 5.82 Å². The van der Waals surface area contributed by atoms with Gasteiger partial charge in [-0.2, -0.15) is 0 Å². The molecule has 0 bridgehead atoms. The van der Waals surface area contributed by atoms with Gasteiger partial charge in [0.2, 0.25) is 14.9 Å². The molecule has 0 spiro atoms. The molecule has 0 aliphatic heterocycles. The Morgan fingerprint density at radius 3 is 2.50 bits per heavy atom. The fourth-order valence-electron chi connectivity index (χ4n) is 1.75. The molecule has 1 aromatic heterocycles. The zero-order valence-electron chi connectivity index (χ0n) is 11.5. The molecule has 0 unspecified atom stereocenters. The van der Waals surface area contributed by atoms with Crippen LogP contribution in [0.25, 0.3) is 0 Å². The van der Waals surface area contributed by atoms with Crippen molar-refractivity contribution in [2.24, 2.45) is 5.92 Å². The van der Waals surface area contributed by atoms with Gasteiger partial charge in [0.05, 0.1) is 4.90 Å². The van der Waals surface area contributed by atoms with Gasteiger partial charge in [-0.05, 0) is 24.5 Å². The molecule has 7 heteroatoms. The predicted molar refractivity (Wildman–Crippen MR) is 75.8 cm³/mol. The summed E-state index contributed by atoms with van der Waals surface area (Å²) in [5.41, 5.74) is 5.87. The van der Waals surface area contributed by atoms with Gasteiger partial charge >= 0.3 is 0 Å². The van der Waals surface area contributed by atoms with E-state index in [2.05, 4.69) is 24.2 Å². The van der Waals surface area contributed by atoms with E-state index in [0.717, 1.165) is 6.42 Å². The molecule has 0 amide bonds. The molecule has 0 radical (unpaired) electrons. The maximum Gasteiger partial charge on any atom is 0.229 e. The number of nitrogens with two attached hydrogens (primary N) is 1. The highest BCUT2D eigenvalue weighted by Crippen LogP contribution is 2.23. The average molecular weight is 294 g/mol. The minimum atomic E-state index is -3.71. The lowest BCUT2D eigenvalue weighted by Gasteiger charge is -2.06. The average Bonchev–Trinajstić information content (AvgIpc) is 2.79. The second kappa shape index (κ2) is 5.62. The summed E-state index contributed by atoms with van der Waals surface area (Å²) in [6, 6.07) is 8.10. The van der Waals surface area contributed by atoms with E-state index in [0.29, 0.717) is 12.5 Å². The zero-order valence-corrected chi connectivity index (χ0v) is 12.3. The number of aryl methyl sites for hydroxylation is 1. The fourth-order valence-corrected chi connectivity index (χ4v) is 3.02. The van der Waals surface area contributed by atoms with Crippen molar-refractivity contribution in [3.63, 3.8) is 0 Å². The molecule has 0 atom stereocenters. The number of nitrogen functional groups attached to an aromatic ring is 1. The van der Waals surface area contributed by atoms with Crippen molar-refractivity contribution in [1.82, 2.24) is 15.0 Å². The van der Waals surface area contributed by atoms with Gasteiger partial charge in [0.1, 0.15) is 0 Å². The summed E-state index contributed by atoms with van der Waals surface area (Å²) >= 11 is 0. The lowest BCUT2D eigenvalue weighted by molar-refractivity contribution is 0.482. The molecule has 20 heavy (non-hydrogen) atoms. The van der Waals surface area contributed by atoms with Crippen molar-refractivity contribution in [3.8, 4) is 0 Å². The molecule has 0 fully saturated rings. The van der Waals surface area contributed by atoms with Gasteiger partial charge in [-0.15, -0.1) is 5.10 Å². The number of anilines is 1. The summed E-state index contributed by atoms with van der Waals surface area (Å²) in [7, 11) is -3.71. The summed E-state index contributed by atoms with van der Waals surface area (Å²) in [6.45, 7) is 4.71. The summed E-state index contributed by atoms with van der Waals surface area (Å²) in [4.78, 5) is 0.169. The predicted octanol–water partition coefficient (Wildman–Crippen LogP) is 1.74. The van der Waals surface area contributed by atoms with Gasteiger partial charge in [0.15, 0.2) is 5.82 Å². The Balaban J connectivity index is 2.35. The van der Waals surface area contributed by atoms with Crippen LogP contribution >= 0.6 is 0 Å². The first kappa shape index (κ1) is 14.5. The number of benzene rings is 1. The van der Waals surface area contributed by atoms with Crippen molar-refractivity contribution in [2.75, 3.05) is 5.73 Å². The third kappa shape index (κ3) is 2.82. The molecule has 2 N–H and O–H groups in total. The van der Waals surface area contributed by atoms with Crippen LogP contribution in [0.2, 0.25) is 0 Å². The zero-order chi connectivity index (χ0) is 14.8. The number of aromatic nitrogens is 3. The molecule has 2 rings (SSSR count). The van der Waals surface area contributed by atoms with Crippen LogP contribution in [0.15, 0.2) is 40.3 Å². The summed E-state index contributed by atoms with van der Waals surface area (Å²) in [5, 5.41) is 7.41. The second-order valence-electron chi connectivity index (χ2n) is 5.00. The van der Waals surface area contributed by atoms with Crippen LogP contribution in [0.5, 0.6) is 0 Å². The molecule has 1 aromatic carbocycles. The molecule has 0 aliphatic rings. The van der Waals surface area contributed by atoms with Crippen LogP contribution in [0.1, 0.15) is 20.3 Å². The number of nitrogens with zero attached hydrogens (tertiary/aromatic N) is 3. The Kier molecular flexibility index (Phi) is 4.08. The number of rotatable bonds is 5. The van der Waals surface area contributed by atoms with Crippen LogP contribution in [-0.4, -0.2) is 23.4 Å². The molecule has 0 saturated carbocycles. The van der Waals surface area contributed by atoms with E-state index in [4.69, 9.17) is 5.73 Å². The first-order chi connectivity index (χ1) is 9.43. The number of hydrogen-bond donors (Lipinski definition) is 1. The van der Waals surface area contributed by atoms with E-state index in [1.807, 2.05) is 0 Å². The van der Waals surface area contributed by atoms with Crippen LogP contribution in [0, 0.1) is 5.92 Å². The van der Waals surface area contributed by atoms with Gasteiger partial charge in [0, 0.05) is 6.54 Å². The van der Waals surface area contributed by atoms with Crippen LogP contribution in [-0.2, 0) is 16.4 Å². The van der Waals surface area contributed by atoms with Gasteiger partial charge in [0.25, 0.3) is 0 Å². The number of sulfone groups is 1. The van der Waals surface area contributed by atoms with Crippen molar-refractivity contribution < 1.29 is 8.42 Å². The standard InChI is InChI=1S/C13H18N4O2S/c1-10(2)8-9-17-12(14)13(15-16-17)20(18,19)11-6-4-3-5-7-11/h3-7,10H,8-9,14H2,1-2H3. The second-order valence-corrected chi connectivity index (χ2v) is 6.87. The molecular formula is C13H18N4O2S. The smallest absolute Gasteiger partial charge is 0.229 e. The molecule has 0 aliphatic carbocycles. The Morgan fingerprint density at radius 2 is 1.90 bits per heavy atom. The summed E-state index contributed by atoms with van der Waals surface area (Å²) < 4.78 is 26.3. The quantitative estimate of drug-likeness (QED) is 0.907. The van der Waals surface area contributed by atoms with E-state index in [9.17, 15) is 8.42 Å². The molecular weight excluding hydrogens is 276 g/mol. The minimum absolute atomic E-state index is 0.0921.